The quantitative estimate of drug-likeness (QED) is 0.403. The molecule has 0 amide bonds. The summed E-state index contributed by atoms with van der Waals surface area (Å²) in [6.07, 6.45) is 0. The average Bonchev–Trinajstić information content (AvgIpc) is 2.59. The lowest BCUT2D eigenvalue weighted by Gasteiger charge is -2.08. The Labute approximate surface area is 189 Å². The van der Waals surface area contributed by atoms with E-state index >= 15 is 0 Å². The summed E-state index contributed by atoms with van der Waals surface area (Å²) in [5, 5.41) is 36.1. The summed E-state index contributed by atoms with van der Waals surface area (Å²) >= 11 is 0. The minimum atomic E-state index is -1.55. The molecule has 0 spiro atoms. The number of aromatic carboxylic acids is 4. The van der Waals surface area contributed by atoms with Crippen LogP contribution in [0.2, 0.25) is 0 Å². The molecular weight excluding hydrogens is 397 g/mol. The number of hydrogen-bond donors (Lipinski definition) is 4. The molecule has 0 unspecified atom stereocenters. The third-order valence-electron chi connectivity index (χ3n) is 3.49. The van der Waals surface area contributed by atoms with Crippen LogP contribution in [-0.4, -0.2) is 96.2 Å². The maximum absolute atomic E-state index is 12.5. The highest BCUT2D eigenvalue weighted by molar-refractivity contribution is 6.13. The van der Waals surface area contributed by atoms with Gasteiger partial charge in [0.05, 0.1) is 22.3 Å². The predicted octanol–water partition coefficient (Wildman–Crippen LogP) is 0.949. The van der Waals surface area contributed by atoms with E-state index in [1.54, 1.807) is 0 Å². The molecule has 0 aliphatic rings. The van der Waals surface area contributed by atoms with Gasteiger partial charge in [0, 0.05) is 57.2 Å². The Kier molecular flexibility index (Phi) is 9.27. The number of rotatable bonds is 6. The summed E-state index contributed by atoms with van der Waals surface area (Å²) in [5.74, 6) is -6.86. The Morgan fingerprint density at radius 3 is 1.04 bits per heavy atom. The molecular formula is C17H10Mg2O9. The van der Waals surface area contributed by atoms with Crippen molar-refractivity contribution in [3.63, 3.8) is 0 Å². The van der Waals surface area contributed by atoms with Crippen molar-refractivity contribution in [2.75, 3.05) is 0 Å². The van der Waals surface area contributed by atoms with Crippen molar-refractivity contribution < 1.29 is 44.4 Å². The number of carboxylic acids is 4. The molecule has 0 saturated heterocycles. The number of hydrogen-bond acceptors (Lipinski definition) is 5. The first-order chi connectivity index (χ1) is 12.1. The lowest BCUT2D eigenvalue weighted by Crippen LogP contribution is -2.13. The summed E-state index contributed by atoms with van der Waals surface area (Å²) in [4.78, 5) is 56.9. The van der Waals surface area contributed by atoms with E-state index in [0.717, 1.165) is 36.4 Å². The van der Waals surface area contributed by atoms with Gasteiger partial charge in [-0.25, -0.2) is 19.2 Å². The number of carbonyl (C=O) groups excluding carboxylic acids is 1. The first-order valence-electron chi connectivity index (χ1n) is 6.89. The number of carbonyl (C=O) groups is 5. The van der Waals surface area contributed by atoms with Crippen LogP contribution in [0.5, 0.6) is 0 Å². The fourth-order valence-corrected chi connectivity index (χ4v) is 2.26. The molecule has 2 rings (SSSR count). The van der Waals surface area contributed by atoms with Crippen LogP contribution in [0.25, 0.3) is 0 Å². The lowest BCUT2D eigenvalue weighted by molar-refractivity contribution is 0.0651. The van der Waals surface area contributed by atoms with Crippen LogP contribution in [0.15, 0.2) is 36.4 Å². The van der Waals surface area contributed by atoms with Crippen LogP contribution in [0.4, 0.5) is 0 Å². The molecule has 0 aliphatic heterocycles. The van der Waals surface area contributed by atoms with Gasteiger partial charge in [-0.15, -0.1) is 0 Å². The van der Waals surface area contributed by atoms with Gasteiger partial charge in [-0.05, 0) is 24.3 Å². The highest BCUT2D eigenvalue weighted by atomic mass is 24.3. The molecule has 4 N–H and O–H groups in total. The molecule has 28 heavy (non-hydrogen) atoms. The Hall–Kier alpha value is -2.48. The highest BCUT2D eigenvalue weighted by Gasteiger charge is 2.22. The second-order valence-electron chi connectivity index (χ2n) is 5.07. The van der Waals surface area contributed by atoms with Gasteiger partial charge in [-0.2, -0.15) is 0 Å². The summed E-state index contributed by atoms with van der Waals surface area (Å²) < 4.78 is 0. The average molecular weight is 407 g/mol. The molecule has 0 aromatic heterocycles. The van der Waals surface area contributed by atoms with E-state index in [-0.39, 0.29) is 57.2 Å². The van der Waals surface area contributed by atoms with Crippen LogP contribution >= 0.6 is 0 Å². The van der Waals surface area contributed by atoms with E-state index in [4.69, 9.17) is 20.4 Å². The largest absolute Gasteiger partial charge is 0.478 e. The summed E-state index contributed by atoms with van der Waals surface area (Å²) in [6, 6.07) is 5.79. The Morgan fingerprint density at radius 2 is 0.786 bits per heavy atom. The third-order valence-corrected chi connectivity index (χ3v) is 3.49. The molecule has 0 saturated carbocycles. The fraction of sp³-hybridized carbons (Fsp3) is 0. The van der Waals surface area contributed by atoms with Gasteiger partial charge >= 0.3 is 23.9 Å². The summed E-state index contributed by atoms with van der Waals surface area (Å²) in [6.45, 7) is 0. The van der Waals surface area contributed by atoms with Crippen LogP contribution in [-0.2, 0) is 0 Å². The number of carboxylic acid groups (broad SMARTS) is 4. The van der Waals surface area contributed by atoms with E-state index in [2.05, 4.69) is 0 Å². The topological polar surface area (TPSA) is 166 Å². The lowest BCUT2D eigenvalue weighted by atomic mass is 9.95. The van der Waals surface area contributed by atoms with Crippen molar-refractivity contribution in [2.24, 2.45) is 0 Å². The molecule has 11 heteroatoms. The van der Waals surface area contributed by atoms with E-state index in [9.17, 15) is 24.0 Å². The van der Waals surface area contributed by atoms with Gasteiger partial charge in [0.1, 0.15) is 0 Å². The molecule has 136 valence electrons. The van der Waals surface area contributed by atoms with Gasteiger partial charge in [-0.3, -0.25) is 4.79 Å². The van der Waals surface area contributed by atoms with Gasteiger partial charge in [0.25, 0.3) is 0 Å². The highest BCUT2D eigenvalue weighted by Crippen LogP contribution is 2.19. The second kappa shape index (κ2) is 10.2. The Bertz CT molecular complexity index is 905. The van der Waals surface area contributed by atoms with Crippen LogP contribution in [0, 0.1) is 0 Å². The third kappa shape index (κ3) is 5.28. The Balaban J connectivity index is 0.00000364. The van der Waals surface area contributed by atoms with Crippen molar-refractivity contribution in [3.8, 4) is 0 Å². The zero-order chi connectivity index (χ0) is 19.6. The van der Waals surface area contributed by atoms with Crippen LogP contribution in [0.1, 0.15) is 57.4 Å². The first-order valence-corrected chi connectivity index (χ1v) is 6.89. The molecule has 0 fully saturated rings. The minimum Gasteiger partial charge on any atom is -0.478 e. The number of benzene rings is 2. The molecule has 0 atom stereocenters. The zero-order valence-electron chi connectivity index (χ0n) is 14.2. The smallest absolute Gasteiger partial charge is 0.336 e. The predicted molar refractivity (Wildman–Crippen MR) is 95.7 cm³/mol. The first kappa shape index (κ1) is 25.5. The summed E-state index contributed by atoms with van der Waals surface area (Å²) in [5.41, 5.74) is -2.62. The molecule has 2 aromatic rings. The normalized spacial score (nSPS) is 9.43. The van der Waals surface area contributed by atoms with Crippen molar-refractivity contribution in [1.29, 1.82) is 0 Å². The molecule has 2 aromatic carbocycles. The standard InChI is InChI=1S/C17H10O9.2Mg/c18-13(7-1-3-9(14(19)20)11(5-7)16(23)24)8-2-4-10(15(21)22)12(6-8)17(25)26;;/h1-6H,(H,19,20)(H,21,22)(H,23,24)(H,25,26);;. The van der Waals surface area contributed by atoms with Gasteiger partial charge in [0.2, 0.25) is 0 Å². The molecule has 0 aliphatic carbocycles. The van der Waals surface area contributed by atoms with Crippen molar-refractivity contribution in [2.45, 2.75) is 0 Å². The van der Waals surface area contributed by atoms with E-state index in [1.165, 1.54) is 0 Å². The van der Waals surface area contributed by atoms with Crippen LogP contribution < -0.4 is 0 Å². The van der Waals surface area contributed by atoms with Crippen molar-refractivity contribution in [1.82, 2.24) is 0 Å². The molecule has 4 radical (unpaired) electrons. The van der Waals surface area contributed by atoms with Gasteiger partial charge < -0.3 is 20.4 Å². The summed E-state index contributed by atoms with van der Waals surface area (Å²) in [7, 11) is 0. The van der Waals surface area contributed by atoms with Crippen LogP contribution in [0.3, 0.4) is 0 Å². The van der Waals surface area contributed by atoms with Crippen molar-refractivity contribution >= 4 is 75.8 Å². The van der Waals surface area contributed by atoms with E-state index < -0.39 is 51.9 Å². The SMILES string of the molecule is O=C(c1ccc(C(=O)O)c(C(=O)O)c1)c1ccc(C(=O)O)c(C(=O)O)c1.[Mg].[Mg]. The monoisotopic (exact) mass is 406 g/mol. The number of ketones is 1. The molecule has 9 nitrogen and oxygen atoms in total. The maximum Gasteiger partial charge on any atom is 0.336 e. The van der Waals surface area contributed by atoms with Gasteiger partial charge in [-0.1, -0.05) is 12.1 Å². The maximum atomic E-state index is 12.5. The van der Waals surface area contributed by atoms with Gasteiger partial charge in [0.15, 0.2) is 5.78 Å². The van der Waals surface area contributed by atoms with E-state index in [1.807, 2.05) is 0 Å². The molecule has 0 bridgehead atoms. The Morgan fingerprint density at radius 1 is 0.500 bits per heavy atom. The fourth-order valence-electron chi connectivity index (χ4n) is 2.26. The van der Waals surface area contributed by atoms with Crippen molar-refractivity contribution in [3.05, 3.63) is 69.8 Å². The second-order valence-corrected chi connectivity index (χ2v) is 5.07. The minimum absolute atomic E-state index is 0. The zero-order valence-corrected chi connectivity index (χ0v) is 17.0. The molecule has 0 heterocycles. The van der Waals surface area contributed by atoms with E-state index in [0.29, 0.717) is 0 Å².